The molecule has 0 aromatic heterocycles. The number of aliphatic imine (C=N–C) groups is 1. The number of ether oxygens (including phenoxy) is 2. The summed E-state index contributed by atoms with van der Waals surface area (Å²) in [7, 11) is 0. The van der Waals surface area contributed by atoms with Gasteiger partial charge in [0.2, 0.25) is 6.79 Å². The van der Waals surface area contributed by atoms with Crippen molar-refractivity contribution < 1.29 is 9.47 Å². The molecule has 90 valence electrons. The molecule has 0 radical (unpaired) electrons. The fourth-order valence-corrected chi connectivity index (χ4v) is 2.64. The van der Waals surface area contributed by atoms with Gasteiger partial charge in [0.05, 0.1) is 0 Å². The number of nitrogens with one attached hydrogen (secondary N) is 1. The average molecular weight is 250 g/mol. The van der Waals surface area contributed by atoms with Crippen LogP contribution < -0.4 is 14.8 Å². The van der Waals surface area contributed by atoms with Gasteiger partial charge in [0.1, 0.15) is 0 Å². The summed E-state index contributed by atoms with van der Waals surface area (Å²) >= 11 is 1.77. The lowest BCUT2D eigenvalue weighted by Crippen LogP contribution is -2.18. The summed E-state index contributed by atoms with van der Waals surface area (Å²) in [6.45, 7) is 3.43. The van der Waals surface area contributed by atoms with Gasteiger partial charge in [-0.2, -0.15) is 0 Å². The first-order valence-corrected chi connectivity index (χ1v) is 6.64. The van der Waals surface area contributed by atoms with Crippen LogP contribution in [0.2, 0.25) is 0 Å². The molecule has 5 heteroatoms. The number of thioether (sulfide) groups is 1. The summed E-state index contributed by atoms with van der Waals surface area (Å²) in [6, 6.07) is 5.85. The third-order valence-corrected chi connectivity index (χ3v) is 3.92. The standard InChI is InChI=1S/C12H14N2O2S/c1-8-5-13-12(17-6-8)14-9-2-3-10-11(4-9)16-7-15-10/h2-4,8H,5-7H2,1H3,(H,13,14). The Kier molecular flexibility index (Phi) is 2.84. The Morgan fingerprint density at radius 2 is 2.24 bits per heavy atom. The smallest absolute Gasteiger partial charge is 0.231 e. The van der Waals surface area contributed by atoms with Gasteiger partial charge in [-0.1, -0.05) is 18.7 Å². The van der Waals surface area contributed by atoms with Crippen LogP contribution in [0.3, 0.4) is 0 Å². The second kappa shape index (κ2) is 4.49. The highest BCUT2D eigenvalue weighted by Gasteiger charge is 2.15. The fourth-order valence-electron chi connectivity index (χ4n) is 1.73. The first-order chi connectivity index (χ1) is 8.31. The minimum Gasteiger partial charge on any atom is -0.454 e. The topological polar surface area (TPSA) is 42.9 Å². The van der Waals surface area contributed by atoms with E-state index in [1.165, 1.54) is 0 Å². The van der Waals surface area contributed by atoms with Crippen LogP contribution >= 0.6 is 11.8 Å². The van der Waals surface area contributed by atoms with Gasteiger partial charge >= 0.3 is 0 Å². The zero-order chi connectivity index (χ0) is 11.7. The van der Waals surface area contributed by atoms with E-state index in [2.05, 4.69) is 17.2 Å². The Bertz CT molecular complexity index is 462. The molecule has 2 heterocycles. The van der Waals surface area contributed by atoms with Crippen molar-refractivity contribution in [2.45, 2.75) is 6.92 Å². The first-order valence-electron chi connectivity index (χ1n) is 5.65. The normalized spacial score (nSPS) is 22.2. The van der Waals surface area contributed by atoms with Crippen molar-refractivity contribution in [1.29, 1.82) is 0 Å². The van der Waals surface area contributed by atoms with Gasteiger partial charge in [-0.25, -0.2) is 0 Å². The molecular formula is C12H14N2O2S. The van der Waals surface area contributed by atoms with Crippen LogP contribution in [0.5, 0.6) is 11.5 Å². The highest BCUT2D eigenvalue weighted by atomic mass is 32.2. The molecule has 2 aliphatic heterocycles. The Hall–Kier alpha value is -1.36. The monoisotopic (exact) mass is 250 g/mol. The molecule has 0 bridgehead atoms. The fraction of sp³-hybridized carbons (Fsp3) is 0.417. The minimum absolute atomic E-state index is 0.312. The largest absolute Gasteiger partial charge is 0.454 e. The quantitative estimate of drug-likeness (QED) is 0.832. The van der Waals surface area contributed by atoms with Crippen molar-refractivity contribution in [3.8, 4) is 11.5 Å². The van der Waals surface area contributed by atoms with Crippen LogP contribution in [-0.2, 0) is 0 Å². The van der Waals surface area contributed by atoms with Crippen LogP contribution in [0.4, 0.5) is 5.69 Å². The average Bonchev–Trinajstić information content (AvgIpc) is 2.79. The SMILES string of the molecule is CC1CN=C(Nc2ccc3c(c2)OCO3)SC1. The lowest BCUT2D eigenvalue weighted by molar-refractivity contribution is 0.174. The summed E-state index contributed by atoms with van der Waals surface area (Å²) < 4.78 is 10.6. The number of anilines is 1. The Balaban J connectivity index is 1.73. The van der Waals surface area contributed by atoms with Gasteiger partial charge in [-0.05, 0) is 18.1 Å². The van der Waals surface area contributed by atoms with Gasteiger partial charge in [-0.3, -0.25) is 4.99 Å². The number of benzene rings is 1. The van der Waals surface area contributed by atoms with Crippen molar-refractivity contribution in [2.75, 3.05) is 24.4 Å². The molecule has 1 atom stereocenters. The van der Waals surface area contributed by atoms with E-state index in [1.807, 2.05) is 18.2 Å². The zero-order valence-electron chi connectivity index (χ0n) is 9.60. The van der Waals surface area contributed by atoms with E-state index >= 15 is 0 Å². The van der Waals surface area contributed by atoms with Crippen LogP contribution in [0.25, 0.3) is 0 Å². The molecule has 0 fully saturated rings. The molecule has 0 spiro atoms. The van der Waals surface area contributed by atoms with Crippen molar-refractivity contribution in [2.24, 2.45) is 10.9 Å². The van der Waals surface area contributed by atoms with E-state index in [0.717, 1.165) is 34.7 Å². The van der Waals surface area contributed by atoms with Crippen molar-refractivity contribution >= 4 is 22.6 Å². The summed E-state index contributed by atoms with van der Waals surface area (Å²) in [4.78, 5) is 4.50. The maximum absolute atomic E-state index is 5.34. The van der Waals surface area contributed by atoms with E-state index in [9.17, 15) is 0 Å². The summed E-state index contributed by atoms with van der Waals surface area (Å²) in [5.74, 6) is 3.39. The third-order valence-electron chi connectivity index (χ3n) is 2.67. The van der Waals surface area contributed by atoms with Crippen molar-refractivity contribution in [3.63, 3.8) is 0 Å². The van der Waals surface area contributed by atoms with E-state index in [4.69, 9.17) is 9.47 Å². The van der Waals surface area contributed by atoms with Gasteiger partial charge in [0.15, 0.2) is 16.7 Å². The van der Waals surface area contributed by atoms with Crippen LogP contribution in [0, 0.1) is 5.92 Å². The summed E-state index contributed by atoms with van der Waals surface area (Å²) in [5.41, 5.74) is 0.995. The van der Waals surface area contributed by atoms with E-state index in [0.29, 0.717) is 12.7 Å². The molecule has 0 amide bonds. The van der Waals surface area contributed by atoms with Crippen molar-refractivity contribution in [3.05, 3.63) is 18.2 Å². The maximum atomic E-state index is 5.34. The minimum atomic E-state index is 0.312. The molecule has 1 unspecified atom stereocenters. The first kappa shape index (κ1) is 10.8. The molecule has 1 aromatic rings. The molecule has 2 aliphatic rings. The van der Waals surface area contributed by atoms with Gasteiger partial charge in [0, 0.05) is 24.1 Å². The lowest BCUT2D eigenvalue weighted by Gasteiger charge is -2.17. The number of nitrogens with zero attached hydrogens (tertiary/aromatic N) is 1. The highest BCUT2D eigenvalue weighted by molar-refractivity contribution is 8.14. The number of hydrogen-bond donors (Lipinski definition) is 1. The van der Waals surface area contributed by atoms with E-state index < -0.39 is 0 Å². The molecular weight excluding hydrogens is 236 g/mol. The van der Waals surface area contributed by atoms with Crippen LogP contribution in [-0.4, -0.2) is 24.3 Å². The molecule has 0 saturated carbocycles. The Morgan fingerprint density at radius 3 is 3.06 bits per heavy atom. The number of amidine groups is 1. The number of hydrogen-bond acceptors (Lipinski definition) is 5. The van der Waals surface area contributed by atoms with E-state index in [1.54, 1.807) is 11.8 Å². The highest BCUT2D eigenvalue weighted by Crippen LogP contribution is 2.34. The predicted octanol–water partition coefficient (Wildman–Crippen LogP) is 2.57. The predicted molar refractivity (Wildman–Crippen MR) is 70.1 cm³/mol. The summed E-state index contributed by atoms with van der Waals surface area (Å²) in [5, 5.41) is 4.30. The van der Waals surface area contributed by atoms with Crippen LogP contribution in [0.15, 0.2) is 23.2 Å². The second-order valence-corrected chi connectivity index (χ2v) is 5.26. The van der Waals surface area contributed by atoms with Gasteiger partial charge in [0.25, 0.3) is 0 Å². The molecule has 0 saturated heterocycles. The molecule has 3 rings (SSSR count). The van der Waals surface area contributed by atoms with Crippen LogP contribution in [0.1, 0.15) is 6.92 Å². The number of fused-ring (bicyclic) bond motifs is 1. The molecule has 1 N–H and O–H groups in total. The second-order valence-electron chi connectivity index (χ2n) is 4.26. The molecule has 17 heavy (non-hydrogen) atoms. The Morgan fingerprint density at radius 1 is 1.35 bits per heavy atom. The Labute approximate surface area is 104 Å². The van der Waals surface area contributed by atoms with E-state index in [-0.39, 0.29) is 0 Å². The lowest BCUT2D eigenvalue weighted by atomic mass is 10.2. The maximum Gasteiger partial charge on any atom is 0.231 e. The summed E-state index contributed by atoms with van der Waals surface area (Å²) in [6.07, 6.45) is 0. The zero-order valence-corrected chi connectivity index (χ0v) is 10.4. The molecule has 1 aromatic carbocycles. The third kappa shape index (κ3) is 2.34. The van der Waals surface area contributed by atoms with Crippen molar-refractivity contribution in [1.82, 2.24) is 0 Å². The van der Waals surface area contributed by atoms with Gasteiger partial charge < -0.3 is 14.8 Å². The number of rotatable bonds is 1. The van der Waals surface area contributed by atoms with Gasteiger partial charge in [-0.15, -0.1) is 0 Å². The molecule has 4 nitrogen and oxygen atoms in total. The molecule has 0 aliphatic carbocycles.